The molecule has 0 amide bonds. The normalized spacial score (nSPS) is 10.8. The zero-order valence-electron chi connectivity index (χ0n) is 10.2. The van der Waals surface area contributed by atoms with Crippen LogP contribution in [0.3, 0.4) is 0 Å². The van der Waals surface area contributed by atoms with Crippen molar-refractivity contribution in [2.24, 2.45) is 0 Å². The van der Waals surface area contributed by atoms with Crippen LogP contribution in [0.1, 0.15) is 0 Å². The second kappa shape index (κ2) is 7.16. The second-order valence-electron chi connectivity index (χ2n) is 3.33. The number of anilines is 1. The lowest BCUT2D eigenvalue weighted by Crippen LogP contribution is -2.15. The minimum Gasteiger partial charge on any atom is -0.466 e. The summed E-state index contributed by atoms with van der Waals surface area (Å²) in [7, 11) is 2.42. The minimum atomic E-state index is -0.690. The first-order chi connectivity index (χ1) is 8.97. The van der Waals surface area contributed by atoms with Crippen LogP contribution in [0.4, 0.5) is 5.69 Å². The number of methoxy groups -OCH3 is 2. The number of hydrogen-bond acceptors (Lipinski definition) is 5. The number of hydrogen-bond donors (Lipinski definition) is 1. The fraction of sp³-hybridized carbons (Fsp3) is 0.167. The van der Waals surface area contributed by atoms with Crippen molar-refractivity contribution in [3.05, 3.63) is 39.5 Å². The number of carbonyl (C=O) groups is 2. The molecule has 0 heterocycles. The molecule has 0 radical (unpaired) electrons. The Labute approximate surface area is 123 Å². The summed E-state index contributed by atoms with van der Waals surface area (Å²) in [5.74, 6) is -1.36. The average molecular weight is 349 g/mol. The van der Waals surface area contributed by atoms with Crippen LogP contribution in [-0.2, 0) is 19.1 Å². The van der Waals surface area contributed by atoms with E-state index >= 15 is 0 Å². The summed E-state index contributed by atoms with van der Waals surface area (Å²) in [6.45, 7) is 0. The van der Waals surface area contributed by atoms with E-state index in [1.54, 1.807) is 18.2 Å². The Kier molecular flexibility index (Phi) is 5.85. The third-order valence-corrected chi connectivity index (χ3v) is 3.30. The number of esters is 2. The summed E-state index contributed by atoms with van der Waals surface area (Å²) >= 11 is 9.18. The van der Waals surface area contributed by atoms with Crippen molar-refractivity contribution in [2.75, 3.05) is 19.5 Å². The molecule has 1 aromatic carbocycles. The number of ether oxygens (including phenoxy) is 2. The van der Waals surface area contributed by atoms with E-state index in [1.807, 2.05) is 0 Å². The van der Waals surface area contributed by atoms with Crippen LogP contribution in [0.5, 0.6) is 0 Å². The Morgan fingerprint density at radius 1 is 1.32 bits per heavy atom. The van der Waals surface area contributed by atoms with Crippen molar-refractivity contribution in [1.29, 1.82) is 0 Å². The highest BCUT2D eigenvalue weighted by Gasteiger charge is 2.13. The molecule has 19 heavy (non-hydrogen) atoms. The van der Waals surface area contributed by atoms with Gasteiger partial charge in [0.1, 0.15) is 5.70 Å². The molecule has 0 spiro atoms. The Morgan fingerprint density at radius 2 is 2.00 bits per heavy atom. The van der Waals surface area contributed by atoms with Gasteiger partial charge < -0.3 is 14.8 Å². The van der Waals surface area contributed by atoms with E-state index < -0.39 is 11.9 Å². The Balaban J connectivity index is 3.00. The van der Waals surface area contributed by atoms with Crippen molar-refractivity contribution in [3.8, 4) is 0 Å². The van der Waals surface area contributed by atoms with Crippen molar-refractivity contribution >= 4 is 45.2 Å². The Hall–Kier alpha value is -1.53. The number of rotatable bonds is 4. The van der Waals surface area contributed by atoms with E-state index in [0.29, 0.717) is 10.7 Å². The number of nitrogens with one attached hydrogen (secondary N) is 1. The monoisotopic (exact) mass is 347 g/mol. The van der Waals surface area contributed by atoms with E-state index in [0.717, 1.165) is 10.5 Å². The molecule has 0 aliphatic carbocycles. The lowest BCUT2D eigenvalue weighted by molar-refractivity contribution is -0.138. The highest BCUT2D eigenvalue weighted by molar-refractivity contribution is 9.10. The van der Waals surface area contributed by atoms with E-state index in [-0.39, 0.29) is 5.70 Å². The zero-order valence-corrected chi connectivity index (χ0v) is 12.5. The second-order valence-corrected chi connectivity index (χ2v) is 4.59. The topological polar surface area (TPSA) is 64.6 Å². The van der Waals surface area contributed by atoms with Crippen LogP contribution < -0.4 is 5.32 Å². The molecule has 0 bridgehead atoms. The molecule has 0 saturated carbocycles. The van der Waals surface area contributed by atoms with E-state index in [9.17, 15) is 9.59 Å². The molecule has 0 aromatic heterocycles. The summed E-state index contributed by atoms with van der Waals surface area (Å²) in [6, 6.07) is 4.99. The molecule has 0 fully saturated rings. The van der Waals surface area contributed by atoms with Crippen LogP contribution >= 0.6 is 27.5 Å². The molecular formula is C12H11BrClNO4. The molecule has 0 saturated heterocycles. The molecule has 1 rings (SSSR count). The third kappa shape index (κ3) is 4.57. The molecule has 0 aliphatic rings. The van der Waals surface area contributed by atoms with Crippen LogP contribution in [0.25, 0.3) is 0 Å². The van der Waals surface area contributed by atoms with Crippen LogP contribution in [0.15, 0.2) is 34.4 Å². The Morgan fingerprint density at radius 3 is 2.53 bits per heavy atom. The van der Waals surface area contributed by atoms with Gasteiger partial charge in [-0.05, 0) is 34.1 Å². The predicted octanol–water partition coefficient (Wildman–Crippen LogP) is 2.74. The maximum Gasteiger partial charge on any atom is 0.354 e. The first kappa shape index (κ1) is 15.5. The van der Waals surface area contributed by atoms with Gasteiger partial charge in [-0.1, -0.05) is 11.6 Å². The van der Waals surface area contributed by atoms with E-state index in [2.05, 4.69) is 30.7 Å². The van der Waals surface area contributed by atoms with Gasteiger partial charge in [0.2, 0.25) is 0 Å². The quantitative estimate of drug-likeness (QED) is 0.669. The van der Waals surface area contributed by atoms with Gasteiger partial charge in [0.15, 0.2) is 0 Å². The summed E-state index contributed by atoms with van der Waals surface area (Å²) in [5.41, 5.74) is 0.487. The number of carbonyl (C=O) groups excluding carboxylic acids is 2. The molecule has 1 aromatic rings. The highest BCUT2D eigenvalue weighted by atomic mass is 79.9. The molecule has 0 atom stereocenters. The van der Waals surface area contributed by atoms with Crippen molar-refractivity contribution in [1.82, 2.24) is 0 Å². The van der Waals surface area contributed by atoms with Gasteiger partial charge in [0.05, 0.1) is 25.3 Å². The lowest BCUT2D eigenvalue weighted by atomic mass is 10.3. The van der Waals surface area contributed by atoms with Crippen LogP contribution in [0.2, 0.25) is 5.02 Å². The van der Waals surface area contributed by atoms with Crippen molar-refractivity contribution in [3.63, 3.8) is 0 Å². The minimum absolute atomic E-state index is 0.0484. The smallest absolute Gasteiger partial charge is 0.354 e. The van der Waals surface area contributed by atoms with Crippen LogP contribution in [-0.4, -0.2) is 26.2 Å². The average Bonchev–Trinajstić information content (AvgIpc) is 2.41. The fourth-order valence-electron chi connectivity index (χ4n) is 1.16. The standard InChI is InChI=1S/C12H11BrClNO4/c1-18-11(16)6-10(12(17)19-2)15-7-3-4-8(13)9(14)5-7/h3-6,15H,1-2H3/b10-6+. The largest absolute Gasteiger partial charge is 0.466 e. The molecule has 0 aliphatic heterocycles. The lowest BCUT2D eigenvalue weighted by Gasteiger charge is -2.09. The van der Waals surface area contributed by atoms with Gasteiger partial charge in [-0.2, -0.15) is 0 Å². The molecule has 0 unspecified atom stereocenters. The third-order valence-electron chi connectivity index (χ3n) is 2.07. The van der Waals surface area contributed by atoms with Gasteiger partial charge in [-0.15, -0.1) is 0 Å². The summed E-state index contributed by atoms with van der Waals surface area (Å²) < 4.78 is 9.74. The molecule has 7 heteroatoms. The summed E-state index contributed by atoms with van der Waals surface area (Å²) in [4.78, 5) is 22.7. The fourth-order valence-corrected chi connectivity index (χ4v) is 1.59. The van der Waals surface area contributed by atoms with Gasteiger partial charge in [0, 0.05) is 10.2 Å². The zero-order chi connectivity index (χ0) is 14.4. The van der Waals surface area contributed by atoms with Crippen molar-refractivity contribution in [2.45, 2.75) is 0 Å². The predicted molar refractivity (Wildman–Crippen MR) is 74.9 cm³/mol. The van der Waals surface area contributed by atoms with Gasteiger partial charge >= 0.3 is 11.9 Å². The number of benzene rings is 1. The molecular weight excluding hydrogens is 337 g/mol. The highest BCUT2D eigenvalue weighted by Crippen LogP contribution is 2.26. The molecule has 1 N–H and O–H groups in total. The molecule has 5 nitrogen and oxygen atoms in total. The maximum atomic E-state index is 11.5. The van der Waals surface area contributed by atoms with E-state index in [1.165, 1.54) is 14.2 Å². The van der Waals surface area contributed by atoms with Gasteiger partial charge in [-0.3, -0.25) is 0 Å². The number of halogens is 2. The first-order valence-corrected chi connectivity index (χ1v) is 6.25. The Bertz CT molecular complexity index is 530. The van der Waals surface area contributed by atoms with Gasteiger partial charge in [0.25, 0.3) is 0 Å². The first-order valence-electron chi connectivity index (χ1n) is 5.08. The van der Waals surface area contributed by atoms with E-state index in [4.69, 9.17) is 11.6 Å². The maximum absolute atomic E-state index is 11.5. The SMILES string of the molecule is COC(=O)/C=C(/Nc1ccc(Br)c(Cl)c1)C(=O)OC. The summed E-state index contributed by atoms with van der Waals surface area (Å²) in [5, 5.41) is 3.21. The van der Waals surface area contributed by atoms with Crippen molar-refractivity contribution < 1.29 is 19.1 Å². The van der Waals surface area contributed by atoms with Crippen LogP contribution in [0, 0.1) is 0 Å². The summed E-state index contributed by atoms with van der Waals surface area (Å²) in [6.07, 6.45) is 1.00. The van der Waals surface area contributed by atoms with Gasteiger partial charge in [-0.25, -0.2) is 9.59 Å². The molecule has 102 valence electrons.